The highest BCUT2D eigenvalue weighted by Gasteiger charge is 2.14. The van der Waals surface area contributed by atoms with Crippen LogP contribution in [0.25, 0.3) is 6.08 Å². The number of rotatable bonds is 7. The molecule has 0 saturated carbocycles. The van der Waals surface area contributed by atoms with Gasteiger partial charge >= 0.3 is 0 Å². The second-order valence-electron chi connectivity index (χ2n) is 5.35. The first-order valence-electron chi connectivity index (χ1n) is 7.63. The van der Waals surface area contributed by atoms with Crippen molar-refractivity contribution in [2.75, 3.05) is 0 Å². The van der Waals surface area contributed by atoms with Gasteiger partial charge in [-0.2, -0.15) is 0 Å². The highest BCUT2D eigenvalue weighted by molar-refractivity contribution is 5.85. The molecule has 0 spiro atoms. The van der Waals surface area contributed by atoms with Crippen LogP contribution in [0.15, 0.2) is 48.2 Å². The average Bonchev–Trinajstić information content (AvgIpc) is 2.92. The van der Waals surface area contributed by atoms with E-state index in [0.29, 0.717) is 12.4 Å². The molecule has 0 aliphatic heterocycles. The lowest BCUT2D eigenvalue weighted by Crippen LogP contribution is -2.40. The van der Waals surface area contributed by atoms with Crippen molar-refractivity contribution in [1.29, 1.82) is 0 Å². The van der Waals surface area contributed by atoms with Crippen LogP contribution in [0.2, 0.25) is 0 Å². The van der Waals surface area contributed by atoms with Gasteiger partial charge in [-0.15, -0.1) is 0 Å². The Morgan fingerprint density at radius 1 is 1.36 bits per heavy atom. The number of aromatic nitrogens is 2. The van der Waals surface area contributed by atoms with Crippen LogP contribution >= 0.6 is 0 Å². The first-order valence-corrected chi connectivity index (χ1v) is 7.63. The summed E-state index contributed by atoms with van der Waals surface area (Å²) >= 11 is 0. The van der Waals surface area contributed by atoms with E-state index in [2.05, 4.69) is 18.5 Å². The molecule has 0 amide bonds. The molecule has 0 aliphatic rings. The molecule has 0 atom stereocenters. The molecule has 1 heterocycles. The molecule has 22 heavy (non-hydrogen) atoms. The number of aliphatic imine (C=N–C) groups is 1. The highest BCUT2D eigenvalue weighted by atomic mass is 16.3. The van der Waals surface area contributed by atoms with Gasteiger partial charge in [0, 0.05) is 0 Å². The lowest BCUT2D eigenvalue weighted by molar-refractivity contribution is -0.674. The van der Waals surface area contributed by atoms with Gasteiger partial charge in [0.25, 0.3) is 5.82 Å². The van der Waals surface area contributed by atoms with Gasteiger partial charge in [0.05, 0.1) is 26.0 Å². The number of aryl methyl sites for hydroxylation is 2. The lowest BCUT2D eigenvalue weighted by Gasteiger charge is -2.09. The van der Waals surface area contributed by atoms with Crippen molar-refractivity contribution in [3.63, 3.8) is 0 Å². The van der Waals surface area contributed by atoms with E-state index in [1.807, 2.05) is 52.8 Å². The monoisotopic (exact) mass is 297 g/mol. The smallest absolute Gasteiger partial charge is 0.291 e. The van der Waals surface area contributed by atoms with Crippen molar-refractivity contribution in [2.24, 2.45) is 12.0 Å². The molecule has 2 aromatic rings. The Morgan fingerprint density at radius 3 is 2.73 bits per heavy atom. The Morgan fingerprint density at radius 2 is 2.09 bits per heavy atom. The van der Waals surface area contributed by atoms with Gasteiger partial charge < -0.3 is 5.11 Å². The van der Waals surface area contributed by atoms with Gasteiger partial charge in [0.2, 0.25) is 0 Å². The first kappa shape index (κ1) is 16.0. The van der Waals surface area contributed by atoms with Crippen LogP contribution in [0, 0.1) is 0 Å². The van der Waals surface area contributed by atoms with Gasteiger partial charge in [-0.1, -0.05) is 50.3 Å². The van der Waals surface area contributed by atoms with E-state index in [-0.39, 0.29) is 5.90 Å². The molecule has 0 unspecified atom stereocenters. The number of benzene rings is 1. The molecule has 4 nitrogen and oxygen atoms in total. The summed E-state index contributed by atoms with van der Waals surface area (Å²) in [4.78, 5) is 4.22. The molecular formula is C18H23N3O. The summed E-state index contributed by atoms with van der Waals surface area (Å²) in [7, 11) is 1.88. The molecule has 0 bridgehead atoms. The summed E-state index contributed by atoms with van der Waals surface area (Å²) < 4.78 is 3.82. The van der Waals surface area contributed by atoms with Crippen LogP contribution in [0.1, 0.15) is 36.7 Å². The molecular weight excluding hydrogens is 274 g/mol. The minimum absolute atomic E-state index is 0.170. The van der Waals surface area contributed by atoms with Gasteiger partial charge in [0.15, 0.2) is 0 Å². The van der Waals surface area contributed by atoms with Crippen LogP contribution in [-0.2, 0) is 20.1 Å². The predicted molar refractivity (Wildman–Crippen MR) is 87.3 cm³/mol. The topological polar surface area (TPSA) is 44.2 Å². The molecule has 0 N–H and O–H groups in total. The van der Waals surface area contributed by atoms with Crippen LogP contribution < -0.4 is 9.67 Å². The maximum atomic E-state index is 12.4. The van der Waals surface area contributed by atoms with E-state index in [4.69, 9.17) is 0 Å². The minimum atomic E-state index is -0.170. The fourth-order valence-electron chi connectivity index (χ4n) is 2.30. The molecule has 4 heteroatoms. The number of hydrogen-bond donors (Lipinski definition) is 0. The summed E-state index contributed by atoms with van der Waals surface area (Å²) in [5.74, 6) is 0.465. The zero-order valence-electron chi connectivity index (χ0n) is 13.3. The van der Waals surface area contributed by atoms with E-state index in [1.54, 1.807) is 6.08 Å². The maximum absolute atomic E-state index is 12.4. The van der Waals surface area contributed by atoms with E-state index < -0.39 is 0 Å². The summed E-state index contributed by atoms with van der Waals surface area (Å²) in [6.07, 6.45) is 7.79. The molecule has 116 valence electrons. The van der Waals surface area contributed by atoms with Crippen LogP contribution in [0.5, 0.6) is 0 Å². The van der Waals surface area contributed by atoms with Gasteiger partial charge in [-0.25, -0.2) is 9.13 Å². The number of imidazole rings is 1. The third-order valence-electron chi connectivity index (χ3n) is 3.64. The van der Waals surface area contributed by atoms with Crippen LogP contribution in [0.4, 0.5) is 0 Å². The van der Waals surface area contributed by atoms with E-state index in [9.17, 15) is 5.11 Å². The number of hydrogen-bond acceptors (Lipinski definition) is 2. The van der Waals surface area contributed by atoms with Gasteiger partial charge in [0.1, 0.15) is 12.4 Å². The van der Waals surface area contributed by atoms with Crippen molar-refractivity contribution < 1.29 is 9.67 Å². The van der Waals surface area contributed by atoms with E-state index >= 15 is 0 Å². The van der Waals surface area contributed by atoms with Crippen molar-refractivity contribution >= 4 is 12.0 Å². The van der Waals surface area contributed by atoms with Crippen molar-refractivity contribution in [3.8, 4) is 0 Å². The normalized spacial score (nSPS) is 11.6. The summed E-state index contributed by atoms with van der Waals surface area (Å²) in [5, 5.41) is 12.4. The number of unbranched alkanes of at least 4 members (excludes halogenated alkanes) is 1. The largest absolute Gasteiger partial charge is 0.853 e. The number of nitrogens with zero attached hydrogens (tertiary/aromatic N) is 3. The standard InChI is InChI=1S/C18H23N3O/c1-4-6-11-21-13-12-20(3)18(21)17(22)19-14-16-9-7-15(5-2)8-10-16/h5,7-10,12-13H,2,4,6,11,14H2,1,3H3. The highest BCUT2D eigenvalue weighted by Crippen LogP contribution is 2.07. The third kappa shape index (κ3) is 3.85. The van der Waals surface area contributed by atoms with Crippen LogP contribution in [-0.4, -0.2) is 10.5 Å². The fraction of sp³-hybridized carbons (Fsp3) is 0.333. The average molecular weight is 297 g/mol. The summed E-state index contributed by atoms with van der Waals surface area (Å²) in [6.45, 7) is 7.12. The van der Waals surface area contributed by atoms with Gasteiger partial charge in [-0.05, 0) is 17.5 Å². The predicted octanol–water partition coefficient (Wildman–Crippen LogP) is 2.06. The van der Waals surface area contributed by atoms with Crippen molar-refractivity contribution in [3.05, 3.63) is 60.2 Å². The van der Waals surface area contributed by atoms with Crippen molar-refractivity contribution in [2.45, 2.75) is 32.9 Å². The third-order valence-corrected chi connectivity index (χ3v) is 3.64. The Balaban J connectivity index is 2.14. The summed E-state index contributed by atoms with van der Waals surface area (Å²) in [5.41, 5.74) is 2.09. The molecule has 0 saturated heterocycles. The lowest BCUT2D eigenvalue weighted by atomic mass is 10.1. The Bertz CT molecular complexity index is 653. The molecule has 2 rings (SSSR count). The quantitative estimate of drug-likeness (QED) is 0.438. The molecule has 0 aliphatic carbocycles. The van der Waals surface area contributed by atoms with E-state index in [1.165, 1.54) is 0 Å². The first-order chi connectivity index (χ1) is 10.7. The summed E-state index contributed by atoms with van der Waals surface area (Å²) in [6, 6.07) is 7.91. The zero-order valence-corrected chi connectivity index (χ0v) is 13.3. The molecule has 0 fully saturated rings. The Labute approximate surface area is 132 Å². The second kappa shape index (κ2) is 7.59. The maximum Gasteiger partial charge on any atom is 0.291 e. The Kier molecular flexibility index (Phi) is 5.53. The van der Waals surface area contributed by atoms with Crippen molar-refractivity contribution in [1.82, 2.24) is 4.57 Å². The fourth-order valence-corrected chi connectivity index (χ4v) is 2.30. The molecule has 1 aromatic carbocycles. The van der Waals surface area contributed by atoms with Gasteiger partial charge in [-0.3, -0.25) is 4.99 Å². The van der Waals surface area contributed by atoms with E-state index in [0.717, 1.165) is 30.5 Å². The second-order valence-corrected chi connectivity index (χ2v) is 5.35. The molecule has 1 aromatic heterocycles. The van der Waals surface area contributed by atoms with Crippen LogP contribution in [0.3, 0.4) is 0 Å². The SMILES string of the molecule is C=Cc1ccc(CN=C([O-])c2n(CCCC)cc[n+]2C)cc1. The Hall–Kier alpha value is -2.36. The minimum Gasteiger partial charge on any atom is -0.853 e. The zero-order chi connectivity index (χ0) is 15.9. The molecule has 0 radical (unpaired) electrons.